The van der Waals surface area contributed by atoms with Gasteiger partial charge < -0.3 is 9.13 Å². The Morgan fingerprint density at radius 2 is 0.792 bits per heavy atom. The lowest BCUT2D eigenvalue weighted by atomic mass is 9.64. The summed E-state index contributed by atoms with van der Waals surface area (Å²) in [4.78, 5) is 5.46. The van der Waals surface area contributed by atoms with E-state index < -0.39 is 16.4 Å². The van der Waals surface area contributed by atoms with E-state index in [1.54, 1.807) is 0 Å². The molecule has 3 aliphatic rings. The topological polar surface area (TPSA) is 21.7 Å². The number of benzene rings is 9. The molecule has 0 aliphatic heterocycles. The third kappa shape index (κ3) is 5.51. The molecule has 2 heterocycles. The van der Waals surface area contributed by atoms with Crippen LogP contribution in [0.4, 0.5) is 0 Å². The first kappa shape index (κ1) is 42.2. The van der Waals surface area contributed by atoms with Crippen LogP contribution in [-0.4, -0.2) is 9.55 Å². The van der Waals surface area contributed by atoms with Crippen molar-refractivity contribution in [1.29, 1.82) is 0 Å². The van der Waals surface area contributed by atoms with Crippen LogP contribution in [-0.2, 0) is 23.4 Å². The van der Waals surface area contributed by atoms with Crippen molar-refractivity contribution in [2.75, 3.05) is 0 Å². The van der Waals surface area contributed by atoms with Gasteiger partial charge in [-0.25, -0.2) is 0 Å². The number of nitrogens with zero attached hydrogens (tertiary/aromatic N) is 3. The zero-order valence-electron chi connectivity index (χ0n) is 40.9. The van der Waals surface area contributed by atoms with Crippen molar-refractivity contribution in [3.8, 4) is 44.5 Å². The van der Waals surface area contributed by atoms with Crippen LogP contribution in [0.1, 0.15) is 78.1 Å². The second-order valence-electron chi connectivity index (χ2n) is 20.1. The number of aromatic nitrogens is 3. The summed E-state index contributed by atoms with van der Waals surface area (Å²) >= 11 is 0. The molecule has 342 valence electrons. The van der Waals surface area contributed by atoms with Gasteiger partial charge >= 0.3 is 0 Å². The molecule has 0 unspecified atom stereocenters. The van der Waals surface area contributed by atoms with E-state index in [2.05, 4.69) is 274 Å². The number of hydrogen-bond donors (Lipinski definition) is 0. The molecule has 0 radical (unpaired) electrons. The first-order valence-corrected chi connectivity index (χ1v) is 25.2. The van der Waals surface area contributed by atoms with Crippen LogP contribution in [0.5, 0.6) is 0 Å². The highest BCUT2D eigenvalue weighted by atomic mass is 15.2. The van der Waals surface area contributed by atoms with Gasteiger partial charge in [-0.15, -0.1) is 0 Å². The molecule has 0 atom stereocenters. The van der Waals surface area contributed by atoms with Crippen molar-refractivity contribution in [1.82, 2.24) is 9.55 Å². The summed E-state index contributed by atoms with van der Waals surface area (Å²) in [6, 6.07) is 84.5. The van der Waals surface area contributed by atoms with Crippen LogP contribution in [0.2, 0.25) is 0 Å². The van der Waals surface area contributed by atoms with E-state index in [1.807, 2.05) is 6.20 Å². The molecular weight excluding hydrogens is 871 g/mol. The molecule has 14 rings (SSSR count). The molecule has 0 N–H and O–H groups in total. The van der Waals surface area contributed by atoms with E-state index in [4.69, 9.17) is 4.98 Å². The summed E-state index contributed by atoms with van der Waals surface area (Å²) in [5, 5.41) is 0. The quantitative estimate of drug-likeness (QED) is 0.115. The normalized spacial score (nSPS) is 14.7. The van der Waals surface area contributed by atoms with E-state index >= 15 is 0 Å². The van der Waals surface area contributed by atoms with Crippen molar-refractivity contribution in [3.05, 3.63) is 321 Å². The fourth-order valence-corrected chi connectivity index (χ4v) is 13.7. The number of fused-ring (bicyclic) bond motifs is 9. The summed E-state index contributed by atoms with van der Waals surface area (Å²) in [7, 11) is 2.10. The minimum absolute atomic E-state index is 0.705. The van der Waals surface area contributed by atoms with Gasteiger partial charge in [0, 0.05) is 22.9 Å². The second kappa shape index (κ2) is 15.7. The molecule has 0 amide bonds. The van der Waals surface area contributed by atoms with Gasteiger partial charge in [-0.1, -0.05) is 213 Å². The Hall–Kier alpha value is -8.66. The molecule has 3 aliphatic carbocycles. The molecule has 0 spiro atoms. The minimum atomic E-state index is -0.741. The maximum atomic E-state index is 5.46. The van der Waals surface area contributed by atoms with Crippen LogP contribution in [0.25, 0.3) is 44.5 Å². The van der Waals surface area contributed by atoms with Crippen molar-refractivity contribution < 1.29 is 4.57 Å². The van der Waals surface area contributed by atoms with Crippen LogP contribution in [0, 0.1) is 27.1 Å². The maximum Gasteiger partial charge on any atom is 0.205 e. The van der Waals surface area contributed by atoms with Crippen molar-refractivity contribution in [3.63, 3.8) is 0 Å². The Kier molecular flexibility index (Phi) is 9.19. The molecule has 72 heavy (non-hydrogen) atoms. The zero-order chi connectivity index (χ0) is 48.3. The molecule has 2 aromatic heterocycles. The summed E-state index contributed by atoms with van der Waals surface area (Å²) in [5.41, 5.74) is 24.7. The van der Waals surface area contributed by atoms with Crippen molar-refractivity contribution in [2.45, 2.75) is 37.1 Å². The summed E-state index contributed by atoms with van der Waals surface area (Å²) < 4.78 is 4.46. The summed E-state index contributed by atoms with van der Waals surface area (Å²) in [5.74, 6) is 0. The van der Waals surface area contributed by atoms with Crippen LogP contribution in [0.15, 0.2) is 237 Å². The van der Waals surface area contributed by atoms with E-state index in [-0.39, 0.29) is 0 Å². The molecular formula is C69H51N3. The molecule has 0 fully saturated rings. The van der Waals surface area contributed by atoms with Gasteiger partial charge in [-0.05, 0) is 139 Å². The van der Waals surface area contributed by atoms with E-state index in [0.29, 0.717) is 0 Å². The van der Waals surface area contributed by atoms with E-state index in [1.165, 1.54) is 111 Å². The van der Waals surface area contributed by atoms with Crippen LogP contribution >= 0.6 is 0 Å². The molecule has 11 aromatic rings. The average molecular weight is 922 g/mol. The summed E-state index contributed by atoms with van der Waals surface area (Å²) in [6.45, 7) is 6.61. The van der Waals surface area contributed by atoms with Gasteiger partial charge in [0.25, 0.3) is 0 Å². The number of imidazole rings is 1. The van der Waals surface area contributed by atoms with Gasteiger partial charge in [0.15, 0.2) is 5.54 Å². The van der Waals surface area contributed by atoms with Crippen molar-refractivity contribution in [2.24, 2.45) is 7.05 Å². The lowest BCUT2D eigenvalue weighted by Gasteiger charge is -2.38. The van der Waals surface area contributed by atoms with E-state index in [0.717, 1.165) is 11.4 Å². The van der Waals surface area contributed by atoms with Crippen LogP contribution in [0.3, 0.4) is 0 Å². The van der Waals surface area contributed by atoms with E-state index in [9.17, 15) is 0 Å². The van der Waals surface area contributed by atoms with Crippen molar-refractivity contribution >= 4 is 0 Å². The molecule has 0 saturated heterocycles. The number of aryl methyl sites for hydroxylation is 4. The minimum Gasteiger partial charge on any atom is -0.351 e. The average Bonchev–Trinajstić information content (AvgIpc) is 4.13. The third-order valence-corrected chi connectivity index (χ3v) is 16.6. The largest absolute Gasteiger partial charge is 0.351 e. The molecule has 0 bridgehead atoms. The summed E-state index contributed by atoms with van der Waals surface area (Å²) in [6.07, 6.45) is 8.09. The predicted molar refractivity (Wildman–Crippen MR) is 290 cm³/mol. The maximum absolute atomic E-state index is 5.46. The zero-order valence-corrected chi connectivity index (χ0v) is 40.9. The fourth-order valence-electron chi connectivity index (χ4n) is 13.7. The van der Waals surface area contributed by atoms with Gasteiger partial charge in [0.2, 0.25) is 6.33 Å². The second-order valence-corrected chi connectivity index (χ2v) is 20.1. The Morgan fingerprint density at radius 3 is 1.26 bits per heavy atom. The Morgan fingerprint density at radius 1 is 0.403 bits per heavy atom. The fraction of sp³-hybridized carbons (Fsp3) is 0.101. The predicted octanol–water partition coefficient (Wildman–Crippen LogP) is 14.6. The smallest absolute Gasteiger partial charge is 0.205 e. The third-order valence-electron chi connectivity index (χ3n) is 16.6. The highest BCUT2D eigenvalue weighted by Gasteiger charge is 2.52. The monoisotopic (exact) mass is 921 g/mol. The number of pyridine rings is 1. The van der Waals surface area contributed by atoms with Crippen LogP contribution < -0.4 is 4.57 Å². The molecule has 0 saturated carbocycles. The molecule has 3 nitrogen and oxygen atoms in total. The Bertz CT molecular complexity index is 3840. The standard InChI is InChI=1S/C69H51N3/c1-45-20-17-21-46(2)66(45)48-38-39-70-65(40-48)68(61-34-13-7-28-55(61)56-29-8-14-35-62(56)68)51-24-18-22-49(41-51)67(59-32-11-5-26-53(59)54-27-6-12-33-60(54)67)50-23-19-25-52(42-50)69(72-43-47(3)71(4)44-72)63-36-15-9-30-57(63)58-31-10-16-37-64(58)69/h5-43H,1-4H3. The molecule has 9 aromatic carbocycles. The number of hydrogen-bond acceptors (Lipinski definition) is 1. The van der Waals surface area contributed by atoms with Gasteiger partial charge in [-0.3, -0.25) is 4.98 Å². The highest BCUT2D eigenvalue weighted by Crippen LogP contribution is 2.61. The highest BCUT2D eigenvalue weighted by molar-refractivity contribution is 5.90. The first-order chi connectivity index (χ1) is 35.4. The Labute approximate surface area is 422 Å². The van der Waals surface area contributed by atoms with Gasteiger partial charge in [-0.2, -0.15) is 0 Å². The van der Waals surface area contributed by atoms with Gasteiger partial charge in [0.1, 0.15) is 0 Å². The lowest BCUT2D eigenvalue weighted by molar-refractivity contribution is -0.681. The Balaban J connectivity index is 1.08. The number of rotatable bonds is 7. The lowest BCUT2D eigenvalue weighted by Crippen LogP contribution is -2.38. The SMILES string of the molecule is Cc1cccc(C)c1-c1ccnc(C2(c3cccc(C4(c5cccc(C6(n7[c-][n+](C)c(C)c7)c7ccccc7-c7ccccc76)c5)c5ccccc5-c5ccccc54)c3)c3ccccc3-c3ccccc32)c1. The first-order valence-electron chi connectivity index (χ1n) is 25.2. The van der Waals surface area contributed by atoms with Gasteiger partial charge in [0.05, 0.1) is 23.6 Å². The molecule has 3 heteroatoms.